The van der Waals surface area contributed by atoms with E-state index in [1.165, 1.54) is 12.3 Å². The van der Waals surface area contributed by atoms with Crippen LogP contribution in [-0.4, -0.2) is 30.5 Å². The number of carbonyl (C=O) groups is 3. The number of amides is 3. The smallest absolute Gasteiger partial charge is 0.329 e. The van der Waals surface area contributed by atoms with Gasteiger partial charge in [-0.05, 0) is 60.5 Å². The molecule has 0 radical (unpaired) electrons. The molecule has 0 aliphatic carbocycles. The summed E-state index contributed by atoms with van der Waals surface area (Å²) in [7, 11) is 0. The number of rotatable bonds is 8. The van der Waals surface area contributed by atoms with Gasteiger partial charge in [-0.15, -0.1) is 0 Å². The molecule has 0 bridgehead atoms. The molecule has 0 saturated carbocycles. The van der Waals surface area contributed by atoms with Crippen LogP contribution >= 0.6 is 11.6 Å². The van der Waals surface area contributed by atoms with E-state index < -0.39 is 11.8 Å². The van der Waals surface area contributed by atoms with Crippen LogP contribution in [-0.2, 0) is 14.4 Å². The molecule has 0 unspecified atom stereocenters. The third-order valence-electron chi connectivity index (χ3n) is 4.60. The highest BCUT2D eigenvalue weighted by Gasteiger charge is 2.13. The van der Waals surface area contributed by atoms with Crippen molar-refractivity contribution in [1.29, 1.82) is 0 Å². The fraction of sp³-hybridized carbons (Fsp3) is 0.120. The van der Waals surface area contributed by atoms with Crippen molar-refractivity contribution in [3.63, 3.8) is 0 Å². The lowest BCUT2D eigenvalue weighted by molar-refractivity contribution is -0.136. The molecule has 174 valence electrons. The second kappa shape index (κ2) is 12.2. The molecule has 3 amide bonds. The van der Waals surface area contributed by atoms with Crippen LogP contribution in [0.2, 0.25) is 5.02 Å². The minimum Gasteiger partial charge on any atom is -0.484 e. The molecule has 3 aromatic carbocycles. The maximum absolute atomic E-state index is 12.1. The van der Waals surface area contributed by atoms with Gasteiger partial charge in [0, 0.05) is 10.7 Å². The van der Waals surface area contributed by atoms with Gasteiger partial charge in [0.1, 0.15) is 5.75 Å². The van der Waals surface area contributed by atoms with E-state index in [4.69, 9.17) is 16.3 Å². The number of halogens is 1. The maximum Gasteiger partial charge on any atom is 0.329 e. The summed E-state index contributed by atoms with van der Waals surface area (Å²) in [6, 6.07) is 22.7. The zero-order valence-electron chi connectivity index (χ0n) is 18.3. The van der Waals surface area contributed by atoms with Crippen molar-refractivity contribution < 1.29 is 19.1 Å². The molecule has 0 fully saturated rings. The van der Waals surface area contributed by atoms with E-state index in [0.717, 1.165) is 5.56 Å². The average molecular weight is 479 g/mol. The standard InChI is InChI=1S/C25H23ClN4O4/c1-17(19-6-3-2-4-7-19)28-23(31)16-34-22-12-10-18(11-13-22)15-27-30-25(33)24(32)29-21-9-5-8-20(26)14-21/h2-15,17H,16H2,1H3,(H,28,31)(H,29,32)(H,30,33)/b27-15-/t17-/m0/s1. The zero-order valence-corrected chi connectivity index (χ0v) is 19.1. The van der Waals surface area contributed by atoms with Gasteiger partial charge < -0.3 is 15.4 Å². The highest BCUT2D eigenvalue weighted by atomic mass is 35.5. The van der Waals surface area contributed by atoms with Crippen molar-refractivity contribution in [2.45, 2.75) is 13.0 Å². The number of nitrogens with zero attached hydrogens (tertiary/aromatic N) is 1. The summed E-state index contributed by atoms with van der Waals surface area (Å²) < 4.78 is 5.51. The number of benzene rings is 3. The lowest BCUT2D eigenvalue weighted by atomic mass is 10.1. The first-order valence-electron chi connectivity index (χ1n) is 10.4. The van der Waals surface area contributed by atoms with Crippen LogP contribution in [0.1, 0.15) is 24.1 Å². The van der Waals surface area contributed by atoms with Gasteiger partial charge in [-0.3, -0.25) is 14.4 Å². The van der Waals surface area contributed by atoms with E-state index in [1.807, 2.05) is 37.3 Å². The van der Waals surface area contributed by atoms with Gasteiger partial charge in [-0.2, -0.15) is 5.10 Å². The molecule has 0 spiro atoms. The molecule has 0 aliphatic heterocycles. The number of hydrogen-bond acceptors (Lipinski definition) is 5. The predicted molar refractivity (Wildman–Crippen MR) is 131 cm³/mol. The highest BCUT2D eigenvalue weighted by Crippen LogP contribution is 2.15. The number of anilines is 1. The van der Waals surface area contributed by atoms with Gasteiger partial charge in [0.05, 0.1) is 12.3 Å². The molecule has 0 aromatic heterocycles. The summed E-state index contributed by atoms with van der Waals surface area (Å²) in [5.74, 6) is -1.53. The SMILES string of the molecule is C[C@H](NC(=O)COc1ccc(/C=N\NC(=O)C(=O)Nc2cccc(Cl)c2)cc1)c1ccccc1. The fourth-order valence-corrected chi connectivity index (χ4v) is 3.07. The van der Waals surface area contributed by atoms with Crippen molar-refractivity contribution in [3.05, 3.63) is 95.0 Å². The Labute approximate surface area is 202 Å². The highest BCUT2D eigenvalue weighted by molar-refractivity contribution is 6.39. The van der Waals surface area contributed by atoms with Crippen LogP contribution in [0.3, 0.4) is 0 Å². The Morgan fingerprint density at radius 3 is 2.41 bits per heavy atom. The summed E-state index contributed by atoms with van der Waals surface area (Å²) >= 11 is 5.84. The maximum atomic E-state index is 12.1. The monoisotopic (exact) mass is 478 g/mol. The first-order chi connectivity index (χ1) is 16.4. The van der Waals surface area contributed by atoms with Gasteiger partial charge in [-0.1, -0.05) is 48.0 Å². The molecule has 34 heavy (non-hydrogen) atoms. The lowest BCUT2D eigenvalue weighted by Gasteiger charge is -2.14. The third kappa shape index (κ3) is 7.75. The van der Waals surface area contributed by atoms with Crippen LogP contribution in [0.5, 0.6) is 5.75 Å². The van der Waals surface area contributed by atoms with Crippen LogP contribution in [0, 0.1) is 0 Å². The molecule has 1 atom stereocenters. The summed E-state index contributed by atoms with van der Waals surface area (Å²) in [4.78, 5) is 35.9. The van der Waals surface area contributed by atoms with Gasteiger partial charge >= 0.3 is 11.8 Å². The number of nitrogens with one attached hydrogen (secondary N) is 3. The first-order valence-corrected chi connectivity index (χ1v) is 10.8. The first kappa shape index (κ1) is 24.5. The Hall–Kier alpha value is -4.17. The van der Waals surface area contributed by atoms with Crippen molar-refractivity contribution >= 4 is 41.2 Å². The quantitative estimate of drug-likeness (QED) is 0.260. The number of carbonyl (C=O) groups excluding carboxylic acids is 3. The van der Waals surface area contributed by atoms with Gasteiger partial charge in [0.25, 0.3) is 5.91 Å². The van der Waals surface area contributed by atoms with E-state index in [1.54, 1.807) is 42.5 Å². The molecular formula is C25H23ClN4O4. The summed E-state index contributed by atoms with van der Waals surface area (Å²) in [6.45, 7) is 1.78. The lowest BCUT2D eigenvalue weighted by Crippen LogP contribution is -2.32. The molecule has 0 saturated heterocycles. The van der Waals surface area contributed by atoms with E-state index in [0.29, 0.717) is 22.0 Å². The Balaban J connectivity index is 1.41. The molecule has 8 nitrogen and oxygen atoms in total. The summed E-state index contributed by atoms with van der Waals surface area (Å²) in [6.07, 6.45) is 1.38. The van der Waals surface area contributed by atoms with Gasteiger partial charge in [0.2, 0.25) is 0 Å². The minimum atomic E-state index is -0.924. The fourth-order valence-electron chi connectivity index (χ4n) is 2.88. The Morgan fingerprint density at radius 1 is 0.971 bits per heavy atom. The van der Waals surface area contributed by atoms with Crippen LogP contribution in [0.4, 0.5) is 5.69 Å². The third-order valence-corrected chi connectivity index (χ3v) is 4.83. The largest absolute Gasteiger partial charge is 0.484 e. The molecule has 3 rings (SSSR count). The predicted octanol–water partition coefficient (Wildman–Crippen LogP) is 3.69. The van der Waals surface area contributed by atoms with Gasteiger partial charge in [-0.25, -0.2) is 5.43 Å². The van der Waals surface area contributed by atoms with E-state index in [2.05, 4.69) is 21.2 Å². The second-order valence-electron chi connectivity index (χ2n) is 7.22. The second-order valence-corrected chi connectivity index (χ2v) is 7.66. The Morgan fingerprint density at radius 2 is 1.71 bits per heavy atom. The van der Waals surface area contributed by atoms with E-state index in [9.17, 15) is 14.4 Å². The Bertz CT molecular complexity index is 1170. The Kier molecular flexibility index (Phi) is 8.76. The molecule has 3 aromatic rings. The van der Waals surface area contributed by atoms with E-state index in [-0.39, 0.29) is 18.6 Å². The van der Waals surface area contributed by atoms with Crippen molar-refractivity contribution in [2.24, 2.45) is 5.10 Å². The minimum absolute atomic E-state index is 0.123. The van der Waals surface area contributed by atoms with Crippen molar-refractivity contribution in [3.8, 4) is 5.75 Å². The summed E-state index contributed by atoms with van der Waals surface area (Å²) in [5, 5.41) is 9.51. The van der Waals surface area contributed by atoms with Crippen molar-refractivity contribution in [2.75, 3.05) is 11.9 Å². The molecule has 0 aliphatic rings. The normalized spacial score (nSPS) is 11.5. The number of hydrogen-bond donors (Lipinski definition) is 3. The average Bonchev–Trinajstić information content (AvgIpc) is 2.84. The van der Waals surface area contributed by atoms with Crippen LogP contribution < -0.4 is 20.8 Å². The van der Waals surface area contributed by atoms with Crippen molar-refractivity contribution in [1.82, 2.24) is 10.7 Å². The number of ether oxygens (including phenoxy) is 1. The van der Waals surface area contributed by atoms with Crippen LogP contribution in [0.15, 0.2) is 84.0 Å². The molecule has 0 heterocycles. The molecular weight excluding hydrogens is 456 g/mol. The van der Waals surface area contributed by atoms with Crippen LogP contribution in [0.25, 0.3) is 0 Å². The topological polar surface area (TPSA) is 109 Å². The number of hydrazone groups is 1. The van der Waals surface area contributed by atoms with Gasteiger partial charge in [0.15, 0.2) is 6.61 Å². The molecule has 3 N–H and O–H groups in total. The van der Waals surface area contributed by atoms with E-state index >= 15 is 0 Å². The zero-order chi connectivity index (χ0) is 24.3. The summed E-state index contributed by atoms with van der Waals surface area (Å²) in [5.41, 5.74) is 4.22. The molecule has 9 heteroatoms.